The minimum atomic E-state index is 0.0821. The molecule has 18 heavy (non-hydrogen) atoms. The third-order valence-electron chi connectivity index (χ3n) is 1.98. The van der Waals surface area contributed by atoms with Gasteiger partial charge in [-0.3, -0.25) is 0 Å². The Labute approximate surface area is 112 Å². The summed E-state index contributed by atoms with van der Waals surface area (Å²) in [6.07, 6.45) is 1.77. The predicted molar refractivity (Wildman–Crippen MR) is 69.3 cm³/mol. The maximum atomic E-state index is 5.76. The third-order valence-corrected chi connectivity index (χ3v) is 2.15. The molecule has 102 valence electrons. The summed E-state index contributed by atoms with van der Waals surface area (Å²) in [5, 5.41) is 0.0821. The molecule has 0 fully saturated rings. The molecule has 1 rings (SSSR count). The maximum absolute atomic E-state index is 5.76. The average molecular weight is 275 g/mol. The molecule has 0 bridgehead atoms. The summed E-state index contributed by atoms with van der Waals surface area (Å²) >= 11 is 5.76. The molecule has 0 spiro atoms. The molecule has 0 aliphatic heterocycles. The number of nitrogens with zero attached hydrogens (tertiary/aromatic N) is 4. The highest BCUT2D eigenvalue weighted by molar-refractivity contribution is 6.28. The van der Waals surface area contributed by atoms with Gasteiger partial charge in [0, 0.05) is 6.54 Å². The quantitative estimate of drug-likeness (QED) is 0.672. The fourth-order valence-electron chi connectivity index (χ4n) is 1.18. The molecule has 0 saturated heterocycles. The molecule has 6 nitrogen and oxygen atoms in total. The van der Waals surface area contributed by atoms with Crippen LogP contribution in [0.1, 0.15) is 19.8 Å². The van der Waals surface area contributed by atoms with Crippen molar-refractivity contribution in [2.75, 3.05) is 33.9 Å². The summed E-state index contributed by atoms with van der Waals surface area (Å²) in [7, 11) is 4.02. The van der Waals surface area contributed by atoms with Gasteiger partial charge in [-0.15, -0.1) is 4.98 Å². The van der Waals surface area contributed by atoms with E-state index in [0.29, 0.717) is 13.2 Å². The molecule has 0 N–H and O–H groups in total. The van der Waals surface area contributed by atoms with Crippen LogP contribution in [0.25, 0.3) is 0 Å². The van der Waals surface area contributed by atoms with Crippen LogP contribution in [0.15, 0.2) is 0 Å². The zero-order chi connectivity index (χ0) is 13.4. The molecule has 1 aromatic rings. The lowest BCUT2D eigenvalue weighted by Gasteiger charge is -2.09. The van der Waals surface area contributed by atoms with Crippen molar-refractivity contribution in [3.05, 3.63) is 5.28 Å². The van der Waals surface area contributed by atoms with Crippen LogP contribution in [-0.4, -0.2) is 53.7 Å². The van der Waals surface area contributed by atoms with E-state index in [1.807, 2.05) is 21.0 Å². The first-order valence-corrected chi connectivity index (χ1v) is 6.31. The van der Waals surface area contributed by atoms with Crippen molar-refractivity contribution in [2.24, 2.45) is 0 Å². The van der Waals surface area contributed by atoms with E-state index < -0.39 is 0 Å². The topological polar surface area (TPSA) is 60.4 Å². The first kappa shape index (κ1) is 14.9. The molecular weight excluding hydrogens is 256 g/mol. The minimum absolute atomic E-state index is 0.0821. The van der Waals surface area contributed by atoms with Crippen LogP contribution in [0.3, 0.4) is 0 Å². The number of hydrogen-bond donors (Lipinski definition) is 0. The van der Waals surface area contributed by atoms with Crippen molar-refractivity contribution in [2.45, 2.75) is 19.8 Å². The molecule has 0 aliphatic carbocycles. The number of halogens is 1. The Kier molecular flexibility index (Phi) is 6.67. The fraction of sp³-hybridized carbons (Fsp3) is 0.727. The first-order valence-electron chi connectivity index (χ1n) is 5.93. The van der Waals surface area contributed by atoms with Gasteiger partial charge in [0.2, 0.25) is 5.28 Å². The van der Waals surface area contributed by atoms with Crippen molar-refractivity contribution >= 4 is 11.6 Å². The van der Waals surface area contributed by atoms with Crippen LogP contribution in [0.5, 0.6) is 12.0 Å². The summed E-state index contributed by atoms with van der Waals surface area (Å²) in [6, 6.07) is 0.416. The second-order valence-corrected chi connectivity index (χ2v) is 4.36. The summed E-state index contributed by atoms with van der Waals surface area (Å²) in [5.41, 5.74) is 0. The molecular formula is C11H19ClN4O2. The number of aromatic nitrogens is 3. The first-order chi connectivity index (χ1) is 8.61. The van der Waals surface area contributed by atoms with E-state index in [0.717, 1.165) is 19.4 Å². The van der Waals surface area contributed by atoms with Gasteiger partial charge in [-0.25, -0.2) is 0 Å². The van der Waals surface area contributed by atoms with Crippen LogP contribution >= 0.6 is 11.6 Å². The van der Waals surface area contributed by atoms with Gasteiger partial charge >= 0.3 is 12.0 Å². The molecule has 1 heterocycles. The van der Waals surface area contributed by atoms with Crippen LogP contribution in [0.2, 0.25) is 5.28 Å². The standard InChI is InChI=1S/C11H19ClN4O2/c1-4-7-17-10-13-9(12)14-11(15-10)18-8-5-6-16(2)3/h4-8H2,1-3H3. The van der Waals surface area contributed by atoms with Gasteiger partial charge in [0.1, 0.15) is 0 Å². The molecule has 0 atom stereocenters. The van der Waals surface area contributed by atoms with Crippen LogP contribution in [0, 0.1) is 0 Å². The lowest BCUT2D eigenvalue weighted by Crippen LogP contribution is -2.16. The lowest BCUT2D eigenvalue weighted by molar-refractivity contribution is 0.247. The molecule has 0 unspecified atom stereocenters. The Morgan fingerprint density at radius 2 is 1.67 bits per heavy atom. The zero-order valence-corrected chi connectivity index (χ0v) is 11.8. The average Bonchev–Trinajstić information content (AvgIpc) is 2.31. The van der Waals surface area contributed by atoms with E-state index in [1.165, 1.54) is 0 Å². The number of rotatable bonds is 8. The summed E-state index contributed by atoms with van der Waals surface area (Å²) in [4.78, 5) is 13.9. The summed E-state index contributed by atoms with van der Waals surface area (Å²) in [5.74, 6) is 0. The third kappa shape index (κ3) is 5.97. The van der Waals surface area contributed by atoms with Gasteiger partial charge in [0.05, 0.1) is 13.2 Å². The van der Waals surface area contributed by atoms with Crippen LogP contribution in [0.4, 0.5) is 0 Å². The van der Waals surface area contributed by atoms with Gasteiger partial charge in [-0.1, -0.05) is 6.92 Å². The Morgan fingerprint density at radius 1 is 1.06 bits per heavy atom. The Balaban J connectivity index is 2.46. The van der Waals surface area contributed by atoms with E-state index in [1.54, 1.807) is 0 Å². The van der Waals surface area contributed by atoms with Gasteiger partial charge in [-0.2, -0.15) is 9.97 Å². The summed E-state index contributed by atoms with van der Waals surface area (Å²) in [6.45, 7) is 4.02. The normalized spacial score (nSPS) is 10.7. The monoisotopic (exact) mass is 274 g/mol. The van der Waals surface area contributed by atoms with E-state index >= 15 is 0 Å². The van der Waals surface area contributed by atoms with Gasteiger partial charge in [0.25, 0.3) is 0 Å². The predicted octanol–water partition coefficient (Wildman–Crippen LogP) is 1.64. The smallest absolute Gasteiger partial charge is 0.323 e. The Bertz CT molecular complexity index is 363. The Morgan fingerprint density at radius 3 is 2.22 bits per heavy atom. The molecule has 0 aromatic carbocycles. The highest BCUT2D eigenvalue weighted by Crippen LogP contribution is 2.13. The van der Waals surface area contributed by atoms with Crippen molar-refractivity contribution in [3.63, 3.8) is 0 Å². The van der Waals surface area contributed by atoms with Crippen molar-refractivity contribution in [1.82, 2.24) is 19.9 Å². The maximum Gasteiger partial charge on any atom is 0.323 e. The fourth-order valence-corrected chi connectivity index (χ4v) is 1.33. The van der Waals surface area contributed by atoms with Crippen LogP contribution in [-0.2, 0) is 0 Å². The Hall–Kier alpha value is -1.14. The molecule has 0 aliphatic rings. The molecule has 7 heteroatoms. The van der Waals surface area contributed by atoms with Gasteiger partial charge < -0.3 is 14.4 Å². The van der Waals surface area contributed by atoms with Gasteiger partial charge in [0.15, 0.2) is 0 Å². The summed E-state index contributed by atoms with van der Waals surface area (Å²) < 4.78 is 10.7. The largest absolute Gasteiger partial charge is 0.463 e. The second-order valence-electron chi connectivity index (χ2n) is 4.02. The SMILES string of the molecule is CCCOc1nc(Cl)nc(OCCCN(C)C)n1. The molecule has 1 aromatic heterocycles. The minimum Gasteiger partial charge on any atom is -0.463 e. The molecule has 0 saturated carbocycles. The van der Waals surface area contributed by atoms with E-state index in [2.05, 4.69) is 19.9 Å². The van der Waals surface area contributed by atoms with E-state index in [-0.39, 0.29) is 17.3 Å². The van der Waals surface area contributed by atoms with E-state index in [4.69, 9.17) is 21.1 Å². The van der Waals surface area contributed by atoms with Gasteiger partial charge in [-0.05, 0) is 38.5 Å². The van der Waals surface area contributed by atoms with E-state index in [9.17, 15) is 0 Å². The van der Waals surface area contributed by atoms with Crippen molar-refractivity contribution in [3.8, 4) is 12.0 Å². The highest BCUT2D eigenvalue weighted by Gasteiger charge is 2.06. The zero-order valence-electron chi connectivity index (χ0n) is 11.0. The number of hydrogen-bond acceptors (Lipinski definition) is 6. The van der Waals surface area contributed by atoms with Crippen molar-refractivity contribution < 1.29 is 9.47 Å². The number of ether oxygens (including phenoxy) is 2. The van der Waals surface area contributed by atoms with Crippen molar-refractivity contribution in [1.29, 1.82) is 0 Å². The second kappa shape index (κ2) is 8.05. The highest BCUT2D eigenvalue weighted by atomic mass is 35.5. The lowest BCUT2D eigenvalue weighted by atomic mass is 10.4. The molecule has 0 radical (unpaired) electrons. The molecule has 0 amide bonds. The van der Waals surface area contributed by atoms with Crippen LogP contribution < -0.4 is 9.47 Å².